The van der Waals surface area contributed by atoms with Crippen molar-refractivity contribution in [3.63, 3.8) is 0 Å². The van der Waals surface area contributed by atoms with Crippen LogP contribution in [0.5, 0.6) is 5.75 Å². The predicted molar refractivity (Wildman–Crippen MR) is 115 cm³/mol. The summed E-state index contributed by atoms with van der Waals surface area (Å²) < 4.78 is 5.83. The molecule has 1 aliphatic carbocycles. The van der Waals surface area contributed by atoms with E-state index in [9.17, 15) is 4.79 Å². The first-order chi connectivity index (χ1) is 13.5. The summed E-state index contributed by atoms with van der Waals surface area (Å²) in [6.07, 6.45) is 4.85. The lowest BCUT2D eigenvalue weighted by Crippen LogP contribution is -2.47. The van der Waals surface area contributed by atoms with Gasteiger partial charge in [0.2, 0.25) is 5.91 Å². The van der Waals surface area contributed by atoms with Crippen molar-refractivity contribution >= 4 is 11.9 Å². The number of nitrogens with one attached hydrogen (secondary N) is 3. The van der Waals surface area contributed by atoms with Crippen LogP contribution in [-0.4, -0.2) is 44.1 Å². The van der Waals surface area contributed by atoms with Gasteiger partial charge in [0, 0.05) is 31.6 Å². The van der Waals surface area contributed by atoms with Gasteiger partial charge in [-0.25, -0.2) is 0 Å². The first-order valence-corrected chi connectivity index (χ1v) is 10.5. The first-order valence-electron chi connectivity index (χ1n) is 10.5. The van der Waals surface area contributed by atoms with Gasteiger partial charge in [-0.05, 0) is 58.1 Å². The van der Waals surface area contributed by atoms with Gasteiger partial charge in [0.1, 0.15) is 5.75 Å². The number of aliphatic imine (C=N–C) groups is 1. The molecule has 0 radical (unpaired) electrons. The molecule has 1 aromatic carbocycles. The Bertz CT molecular complexity index is 645. The minimum Gasteiger partial charge on any atom is -0.493 e. The molecule has 0 spiro atoms. The van der Waals surface area contributed by atoms with E-state index < -0.39 is 0 Å². The normalized spacial score (nSPS) is 20.0. The standard InChI is InChI=1S/C22H36N4O2/c1-16(2)25-21(27)18-10-7-11-19(15-18)26-22(23-4)24-13-8-14-28-20-12-6-5-9-17(20)3/h5-6,9,12,16,18-19H,7-8,10-11,13-15H2,1-4H3,(H,25,27)(H2,23,24,26). The number of hydrogen-bond acceptors (Lipinski definition) is 3. The van der Waals surface area contributed by atoms with Crippen molar-refractivity contribution in [1.82, 2.24) is 16.0 Å². The van der Waals surface area contributed by atoms with Crippen molar-refractivity contribution in [2.75, 3.05) is 20.2 Å². The number of rotatable bonds is 8. The second-order valence-electron chi connectivity index (χ2n) is 7.83. The Balaban J connectivity index is 1.69. The van der Waals surface area contributed by atoms with Gasteiger partial charge in [0.05, 0.1) is 6.61 Å². The molecule has 6 heteroatoms. The minimum absolute atomic E-state index is 0.0919. The van der Waals surface area contributed by atoms with E-state index in [2.05, 4.69) is 33.9 Å². The lowest BCUT2D eigenvalue weighted by atomic mass is 9.85. The van der Waals surface area contributed by atoms with Crippen LogP contribution in [0.3, 0.4) is 0 Å². The van der Waals surface area contributed by atoms with E-state index in [1.807, 2.05) is 32.0 Å². The molecule has 2 atom stereocenters. The monoisotopic (exact) mass is 388 g/mol. The third kappa shape index (κ3) is 7.41. The van der Waals surface area contributed by atoms with Crippen LogP contribution in [0.1, 0.15) is 51.5 Å². The number of para-hydroxylation sites is 1. The predicted octanol–water partition coefficient (Wildman–Crippen LogP) is 3.01. The Morgan fingerprint density at radius 3 is 2.79 bits per heavy atom. The summed E-state index contributed by atoms with van der Waals surface area (Å²) in [4.78, 5) is 16.6. The zero-order chi connectivity index (χ0) is 20.4. The highest BCUT2D eigenvalue weighted by atomic mass is 16.5. The quantitative estimate of drug-likeness (QED) is 0.364. The molecular formula is C22H36N4O2. The summed E-state index contributed by atoms with van der Waals surface area (Å²) in [5.41, 5.74) is 1.15. The molecule has 28 heavy (non-hydrogen) atoms. The van der Waals surface area contributed by atoms with Crippen LogP contribution in [-0.2, 0) is 4.79 Å². The Morgan fingerprint density at radius 2 is 2.07 bits per heavy atom. The van der Waals surface area contributed by atoms with E-state index in [4.69, 9.17) is 4.74 Å². The van der Waals surface area contributed by atoms with Crippen LogP contribution >= 0.6 is 0 Å². The Morgan fingerprint density at radius 1 is 1.29 bits per heavy atom. The third-order valence-electron chi connectivity index (χ3n) is 5.01. The number of ether oxygens (including phenoxy) is 1. The highest BCUT2D eigenvalue weighted by molar-refractivity contribution is 5.81. The van der Waals surface area contributed by atoms with E-state index in [0.717, 1.165) is 55.9 Å². The average Bonchev–Trinajstić information content (AvgIpc) is 2.68. The van der Waals surface area contributed by atoms with Crippen molar-refractivity contribution in [3.8, 4) is 5.75 Å². The van der Waals surface area contributed by atoms with E-state index in [1.165, 1.54) is 0 Å². The second kappa shape index (κ2) is 11.6. The highest BCUT2D eigenvalue weighted by Gasteiger charge is 2.27. The molecule has 156 valence electrons. The summed E-state index contributed by atoms with van der Waals surface area (Å²) in [5.74, 6) is 2.01. The number of amides is 1. The number of carbonyl (C=O) groups excluding carboxylic acids is 1. The maximum Gasteiger partial charge on any atom is 0.223 e. The highest BCUT2D eigenvalue weighted by Crippen LogP contribution is 2.24. The minimum atomic E-state index is 0.0919. The van der Waals surface area contributed by atoms with Crippen molar-refractivity contribution in [1.29, 1.82) is 0 Å². The Labute approximate surface area is 169 Å². The molecule has 0 bridgehead atoms. The number of benzene rings is 1. The molecule has 1 aliphatic rings. The molecule has 0 saturated heterocycles. The van der Waals surface area contributed by atoms with Gasteiger partial charge in [-0.1, -0.05) is 24.6 Å². The maximum atomic E-state index is 12.3. The lowest BCUT2D eigenvalue weighted by molar-refractivity contribution is -0.126. The summed E-state index contributed by atoms with van der Waals surface area (Å²) in [6.45, 7) is 7.51. The molecule has 2 unspecified atom stereocenters. The lowest BCUT2D eigenvalue weighted by Gasteiger charge is -2.30. The summed E-state index contributed by atoms with van der Waals surface area (Å²) in [6, 6.07) is 8.53. The fourth-order valence-corrected chi connectivity index (χ4v) is 3.53. The topological polar surface area (TPSA) is 74.8 Å². The fraction of sp³-hybridized carbons (Fsp3) is 0.636. The summed E-state index contributed by atoms with van der Waals surface area (Å²) in [5, 5.41) is 9.87. The number of carbonyl (C=O) groups is 1. The molecule has 6 nitrogen and oxygen atoms in total. The molecule has 1 fully saturated rings. The molecule has 1 saturated carbocycles. The molecule has 2 rings (SSSR count). The largest absolute Gasteiger partial charge is 0.493 e. The molecule has 1 amide bonds. The first kappa shape index (κ1) is 22.1. The van der Waals surface area contributed by atoms with Gasteiger partial charge < -0.3 is 20.7 Å². The van der Waals surface area contributed by atoms with Crippen molar-refractivity contribution in [3.05, 3.63) is 29.8 Å². The van der Waals surface area contributed by atoms with Gasteiger partial charge in [0.25, 0.3) is 0 Å². The smallest absolute Gasteiger partial charge is 0.223 e. The number of aryl methyl sites for hydroxylation is 1. The van der Waals surface area contributed by atoms with Crippen LogP contribution in [0, 0.1) is 12.8 Å². The Hall–Kier alpha value is -2.24. The number of hydrogen-bond donors (Lipinski definition) is 3. The average molecular weight is 389 g/mol. The van der Waals surface area contributed by atoms with Crippen LogP contribution in [0.25, 0.3) is 0 Å². The van der Waals surface area contributed by atoms with Crippen LogP contribution in [0.2, 0.25) is 0 Å². The summed E-state index contributed by atoms with van der Waals surface area (Å²) >= 11 is 0. The van der Waals surface area contributed by atoms with Gasteiger partial charge >= 0.3 is 0 Å². The van der Waals surface area contributed by atoms with E-state index in [0.29, 0.717) is 6.61 Å². The van der Waals surface area contributed by atoms with E-state index in [1.54, 1.807) is 7.05 Å². The van der Waals surface area contributed by atoms with Gasteiger partial charge in [-0.3, -0.25) is 9.79 Å². The molecular weight excluding hydrogens is 352 g/mol. The summed E-state index contributed by atoms with van der Waals surface area (Å²) in [7, 11) is 1.78. The third-order valence-corrected chi connectivity index (χ3v) is 5.01. The zero-order valence-electron chi connectivity index (χ0n) is 17.8. The van der Waals surface area contributed by atoms with Gasteiger partial charge in [-0.2, -0.15) is 0 Å². The molecule has 3 N–H and O–H groups in total. The van der Waals surface area contributed by atoms with Crippen molar-refractivity contribution in [2.45, 2.75) is 65.0 Å². The van der Waals surface area contributed by atoms with E-state index in [-0.39, 0.29) is 23.9 Å². The van der Waals surface area contributed by atoms with Crippen LogP contribution in [0.4, 0.5) is 0 Å². The second-order valence-corrected chi connectivity index (χ2v) is 7.83. The molecule has 0 aromatic heterocycles. The SMILES string of the molecule is CN=C(NCCCOc1ccccc1C)NC1CCCC(C(=O)NC(C)C)C1. The Kier molecular flexibility index (Phi) is 9.11. The molecule has 1 aromatic rings. The number of guanidine groups is 1. The number of nitrogens with zero attached hydrogens (tertiary/aromatic N) is 1. The zero-order valence-corrected chi connectivity index (χ0v) is 17.8. The fourth-order valence-electron chi connectivity index (χ4n) is 3.53. The maximum absolute atomic E-state index is 12.3. The molecule has 0 aliphatic heterocycles. The van der Waals surface area contributed by atoms with E-state index >= 15 is 0 Å². The van der Waals surface area contributed by atoms with Gasteiger partial charge in [0.15, 0.2) is 5.96 Å². The van der Waals surface area contributed by atoms with Crippen molar-refractivity contribution in [2.24, 2.45) is 10.9 Å². The molecule has 0 heterocycles. The van der Waals surface area contributed by atoms with Crippen LogP contribution in [0.15, 0.2) is 29.3 Å². The van der Waals surface area contributed by atoms with Crippen LogP contribution < -0.4 is 20.7 Å². The van der Waals surface area contributed by atoms with Gasteiger partial charge in [-0.15, -0.1) is 0 Å². The van der Waals surface area contributed by atoms with Crippen molar-refractivity contribution < 1.29 is 9.53 Å².